The Morgan fingerprint density at radius 1 is 1.28 bits per heavy atom. The van der Waals surface area contributed by atoms with E-state index in [1.165, 1.54) is 23.4 Å². The van der Waals surface area contributed by atoms with E-state index >= 15 is 0 Å². The molecule has 0 spiro atoms. The van der Waals surface area contributed by atoms with Crippen molar-refractivity contribution in [1.82, 2.24) is 34.3 Å². The van der Waals surface area contributed by atoms with E-state index in [9.17, 15) is 9.59 Å². The highest BCUT2D eigenvalue weighted by Gasteiger charge is 2.14. The molecule has 4 aromatic heterocycles. The zero-order valence-corrected chi connectivity index (χ0v) is 12.7. The number of imidazole rings is 1. The van der Waals surface area contributed by atoms with Crippen molar-refractivity contribution in [3.8, 4) is 5.95 Å². The predicted molar refractivity (Wildman–Crippen MR) is 85.6 cm³/mol. The average molecular weight is 337 g/mol. The molecule has 4 aromatic rings. The number of hydrogen-bond acceptors (Lipinski definition) is 6. The summed E-state index contributed by atoms with van der Waals surface area (Å²) < 4.78 is 2.83. The smallest absolute Gasteiger partial charge is 0.338 e. The number of nitrogens with one attached hydrogen (secondary N) is 1. The molecule has 0 saturated heterocycles. The third kappa shape index (κ3) is 2.65. The topological polar surface area (TPSA) is 132 Å². The lowest BCUT2D eigenvalue weighted by molar-refractivity contribution is 0.0697. The molecule has 0 radical (unpaired) electrons. The monoisotopic (exact) mass is 337 g/mol. The van der Waals surface area contributed by atoms with E-state index in [-0.39, 0.29) is 17.2 Å². The molecule has 0 amide bonds. The largest absolute Gasteiger partial charge is 0.478 e. The molecule has 0 bridgehead atoms. The van der Waals surface area contributed by atoms with Gasteiger partial charge in [0.15, 0.2) is 11.2 Å². The molecule has 25 heavy (non-hydrogen) atoms. The van der Waals surface area contributed by atoms with Crippen LogP contribution >= 0.6 is 0 Å². The molecule has 2 N–H and O–H groups in total. The van der Waals surface area contributed by atoms with Gasteiger partial charge in [-0.3, -0.25) is 14.8 Å². The summed E-state index contributed by atoms with van der Waals surface area (Å²) in [6, 6.07) is 5.52. The van der Waals surface area contributed by atoms with Crippen molar-refractivity contribution in [3.05, 3.63) is 64.7 Å². The number of fused-ring (bicyclic) bond motifs is 1. The minimum atomic E-state index is -1.12. The first kappa shape index (κ1) is 14.8. The lowest BCUT2D eigenvalue weighted by Crippen LogP contribution is -2.16. The number of rotatable bonds is 4. The van der Waals surface area contributed by atoms with Crippen molar-refractivity contribution in [2.45, 2.75) is 6.54 Å². The zero-order valence-electron chi connectivity index (χ0n) is 12.7. The Labute approximate surface area is 139 Å². The molecule has 0 aliphatic rings. The molecule has 4 rings (SSSR count). The SMILES string of the molecule is O=C(O)c1cnn(-c2nc3ncn(Cc4ccccn4)c3c(=O)[nH]2)c1. The Morgan fingerprint density at radius 2 is 2.16 bits per heavy atom. The molecule has 0 atom stereocenters. The van der Waals surface area contributed by atoms with Crippen molar-refractivity contribution >= 4 is 17.1 Å². The van der Waals surface area contributed by atoms with Crippen LogP contribution in [0.2, 0.25) is 0 Å². The van der Waals surface area contributed by atoms with E-state index < -0.39 is 11.5 Å². The van der Waals surface area contributed by atoms with E-state index in [4.69, 9.17) is 5.11 Å². The lowest BCUT2D eigenvalue weighted by Gasteiger charge is -2.04. The highest BCUT2D eigenvalue weighted by atomic mass is 16.4. The maximum absolute atomic E-state index is 12.5. The van der Waals surface area contributed by atoms with Crippen LogP contribution in [0.25, 0.3) is 17.1 Å². The van der Waals surface area contributed by atoms with E-state index in [1.54, 1.807) is 10.8 Å². The zero-order chi connectivity index (χ0) is 17.4. The summed E-state index contributed by atoms with van der Waals surface area (Å²) in [4.78, 5) is 38.6. The van der Waals surface area contributed by atoms with Gasteiger partial charge in [-0.2, -0.15) is 10.1 Å². The number of H-pyrrole nitrogens is 1. The van der Waals surface area contributed by atoms with Gasteiger partial charge in [0.2, 0.25) is 5.95 Å². The van der Waals surface area contributed by atoms with Crippen LogP contribution in [0.15, 0.2) is 47.9 Å². The number of carbonyl (C=O) groups is 1. The molecule has 0 unspecified atom stereocenters. The Hall–Kier alpha value is -3.82. The number of pyridine rings is 1. The standard InChI is InChI=1S/C15H11N7O3/c23-13-11-12(17-8-21(11)7-10-3-1-2-4-16-10)19-15(20-13)22-6-9(5-18-22)14(24)25/h1-6,8H,7H2,(H,24,25)(H,19,20,23). The highest BCUT2D eigenvalue weighted by Crippen LogP contribution is 2.10. The minimum Gasteiger partial charge on any atom is -0.478 e. The van der Waals surface area contributed by atoms with Crippen LogP contribution in [-0.4, -0.2) is 45.4 Å². The molecule has 0 saturated carbocycles. The van der Waals surface area contributed by atoms with Crippen LogP contribution in [0, 0.1) is 0 Å². The Morgan fingerprint density at radius 3 is 2.88 bits per heavy atom. The summed E-state index contributed by atoms with van der Waals surface area (Å²) in [6.45, 7) is 0.381. The first-order chi connectivity index (χ1) is 12.1. The second-order valence-corrected chi connectivity index (χ2v) is 5.23. The summed E-state index contributed by atoms with van der Waals surface area (Å²) >= 11 is 0. The van der Waals surface area contributed by atoms with Gasteiger partial charge >= 0.3 is 5.97 Å². The highest BCUT2D eigenvalue weighted by molar-refractivity contribution is 5.86. The van der Waals surface area contributed by atoms with Crippen molar-refractivity contribution in [1.29, 1.82) is 0 Å². The normalized spacial score (nSPS) is 11.0. The fourth-order valence-electron chi connectivity index (χ4n) is 2.42. The fraction of sp³-hybridized carbons (Fsp3) is 0.0667. The third-order valence-corrected chi connectivity index (χ3v) is 3.58. The van der Waals surface area contributed by atoms with Gasteiger partial charge < -0.3 is 9.67 Å². The fourth-order valence-corrected chi connectivity index (χ4v) is 2.42. The van der Waals surface area contributed by atoms with Gasteiger partial charge in [0, 0.05) is 12.4 Å². The summed E-state index contributed by atoms with van der Waals surface area (Å²) in [5.41, 5.74) is 0.912. The van der Waals surface area contributed by atoms with Crippen LogP contribution in [0.3, 0.4) is 0 Å². The van der Waals surface area contributed by atoms with E-state index in [0.717, 1.165) is 5.69 Å². The van der Waals surface area contributed by atoms with Crippen LogP contribution in [0.1, 0.15) is 16.1 Å². The molecule has 0 fully saturated rings. The maximum atomic E-state index is 12.5. The van der Waals surface area contributed by atoms with Crippen molar-refractivity contribution < 1.29 is 9.90 Å². The maximum Gasteiger partial charge on any atom is 0.338 e. The number of hydrogen-bond donors (Lipinski definition) is 2. The molecule has 0 aliphatic carbocycles. The van der Waals surface area contributed by atoms with Crippen molar-refractivity contribution in [2.24, 2.45) is 0 Å². The summed E-state index contributed by atoms with van der Waals surface area (Å²) in [5, 5.41) is 12.8. The number of aromatic amines is 1. The van der Waals surface area contributed by atoms with Gasteiger partial charge in [0.1, 0.15) is 0 Å². The number of carboxylic acids is 1. The Balaban J connectivity index is 1.76. The van der Waals surface area contributed by atoms with E-state index in [0.29, 0.717) is 12.1 Å². The number of nitrogens with zero attached hydrogens (tertiary/aromatic N) is 6. The third-order valence-electron chi connectivity index (χ3n) is 3.58. The number of carboxylic acid groups (broad SMARTS) is 1. The Bertz CT molecular complexity index is 1130. The van der Waals surface area contributed by atoms with E-state index in [1.807, 2.05) is 18.2 Å². The predicted octanol–water partition coefficient (Wildman–Crippen LogP) is 0.447. The summed E-state index contributed by atoms with van der Waals surface area (Å²) in [5.74, 6) is -1.03. The summed E-state index contributed by atoms with van der Waals surface area (Å²) in [6.07, 6.45) is 5.62. The summed E-state index contributed by atoms with van der Waals surface area (Å²) in [7, 11) is 0. The Kier molecular flexibility index (Phi) is 3.35. The molecule has 4 heterocycles. The van der Waals surface area contributed by atoms with E-state index in [2.05, 4.69) is 25.0 Å². The first-order valence-electron chi connectivity index (χ1n) is 7.25. The van der Waals surface area contributed by atoms with Gasteiger partial charge in [0.05, 0.1) is 30.3 Å². The van der Waals surface area contributed by atoms with Gasteiger partial charge in [-0.15, -0.1) is 0 Å². The molecule has 10 nitrogen and oxygen atoms in total. The molecule has 0 aliphatic heterocycles. The van der Waals surface area contributed by atoms with Crippen molar-refractivity contribution in [2.75, 3.05) is 0 Å². The molecular weight excluding hydrogens is 326 g/mol. The van der Waals surface area contributed by atoms with Crippen LogP contribution in [0.4, 0.5) is 0 Å². The van der Waals surface area contributed by atoms with Crippen LogP contribution in [-0.2, 0) is 6.54 Å². The van der Waals surface area contributed by atoms with Gasteiger partial charge in [0.25, 0.3) is 5.56 Å². The van der Waals surface area contributed by atoms with Crippen molar-refractivity contribution in [3.63, 3.8) is 0 Å². The first-order valence-corrected chi connectivity index (χ1v) is 7.25. The molecule has 124 valence electrons. The van der Waals surface area contributed by atoms with Crippen LogP contribution < -0.4 is 5.56 Å². The lowest BCUT2D eigenvalue weighted by atomic mass is 10.3. The van der Waals surface area contributed by atoms with Gasteiger partial charge in [-0.1, -0.05) is 6.07 Å². The minimum absolute atomic E-state index is 0.0107. The molecule has 10 heteroatoms. The molecular formula is C15H11N7O3. The second-order valence-electron chi connectivity index (χ2n) is 5.23. The van der Waals surface area contributed by atoms with Gasteiger partial charge in [-0.05, 0) is 12.1 Å². The average Bonchev–Trinajstić information content (AvgIpc) is 3.23. The number of aromatic carboxylic acids is 1. The second kappa shape index (κ2) is 5.67. The van der Waals surface area contributed by atoms with Gasteiger partial charge in [-0.25, -0.2) is 14.5 Å². The number of aromatic nitrogens is 7. The molecule has 0 aromatic carbocycles. The quantitative estimate of drug-likeness (QED) is 0.552. The van der Waals surface area contributed by atoms with Crippen LogP contribution in [0.5, 0.6) is 0 Å².